The normalized spacial score (nSPS) is 40.0. The van der Waals surface area contributed by atoms with Crippen molar-refractivity contribution in [2.45, 2.75) is 37.2 Å². The first-order chi connectivity index (χ1) is 5.25. The van der Waals surface area contributed by atoms with Gasteiger partial charge < -0.3 is 5.32 Å². The molecule has 1 aliphatic heterocycles. The minimum atomic E-state index is -0.603. The van der Waals surface area contributed by atoms with Crippen molar-refractivity contribution in [1.82, 2.24) is 5.32 Å². The van der Waals surface area contributed by atoms with Gasteiger partial charge in [-0.3, -0.25) is 4.21 Å². The second-order valence-corrected chi connectivity index (χ2v) is 5.29. The van der Waals surface area contributed by atoms with Gasteiger partial charge in [-0.1, -0.05) is 13.8 Å². The predicted octanol–water partition coefficient (Wildman–Crippen LogP) is 0.896. The van der Waals surface area contributed by atoms with Crippen LogP contribution in [0.3, 0.4) is 0 Å². The summed E-state index contributed by atoms with van der Waals surface area (Å²) in [7, 11) is -0.603. The third-order valence-electron chi connectivity index (χ3n) is 2.28. The Balaban J connectivity index is 2.56. The largest absolute Gasteiger partial charge is 0.315 e. The molecule has 0 amide bonds. The molecule has 0 aliphatic carbocycles. The van der Waals surface area contributed by atoms with E-state index >= 15 is 0 Å². The average molecular weight is 175 g/mol. The van der Waals surface area contributed by atoms with Crippen LogP contribution < -0.4 is 5.32 Å². The topological polar surface area (TPSA) is 29.1 Å². The van der Waals surface area contributed by atoms with E-state index in [1.54, 1.807) is 0 Å². The van der Waals surface area contributed by atoms with E-state index in [9.17, 15) is 4.21 Å². The first kappa shape index (κ1) is 9.20. The molecule has 11 heavy (non-hydrogen) atoms. The van der Waals surface area contributed by atoms with E-state index < -0.39 is 10.8 Å². The van der Waals surface area contributed by atoms with E-state index in [2.05, 4.69) is 19.2 Å². The summed E-state index contributed by atoms with van der Waals surface area (Å²) in [5, 5.41) is 4.08. The maximum absolute atomic E-state index is 11.6. The summed E-state index contributed by atoms with van der Waals surface area (Å²) in [5.41, 5.74) is 0. The Kier molecular flexibility index (Phi) is 3.52. The van der Waals surface area contributed by atoms with Gasteiger partial charge in [-0.2, -0.15) is 0 Å². The van der Waals surface area contributed by atoms with Crippen molar-refractivity contribution in [2.75, 3.05) is 13.1 Å². The van der Waals surface area contributed by atoms with Crippen molar-refractivity contribution in [1.29, 1.82) is 0 Å². The molecule has 1 aliphatic rings. The van der Waals surface area contributed by atoms with Crippen molar-refractivity contribution in [3.05, 3.63) is 0 Å². The maximum Gasteiger partial charge on any atom is 0.0472 e. The molecule has 0 aromatic rings. The summed E-state index contributed by atoms with van der Waals surface area (Å²) < 4.78 is 11.6. The minimum absolute atomic E-state index is 0.382. The SMILES string of the molecule is CCC1CNCCC(C)S1=O. The van der Waals surface area contributed by atoms with E-state index in [0.717, 1.165) is 25.9 Å². The third-order valence-corrected chi connectivity index (χ3v) is 4.47. The summed E-state index contributed by atoms with van der Waals surface area (Å²) in [5.74, 6) is 0. The van der Waals surface area contributed by atoms with E-state index in [-0.39, 0.29) is 0 Å². The van der Waals surface area contributed by atoms with Gasteiger partial charge in [-0.15, -0.1) is 0 Å². The molecule has 0 bridgehead atoms. The molecule has 3 heteroatoms. The third kappa shape index (κ3) is 2.27. The average Bonchev–Trinajstić information content (AvgIpc) is 2.16. The molecule has 3 unspecified atom stereocenters. The van der Waals surface area contributed by atoms with Gasteiger partial charge in [0, 0.05) is 27.8 Å². The Labute approximate surface area is 71.2 Å². The number of hydrogen-bond donors (Lipinski definition) is 1. The van der Waals surface area contributed by atoms with E-state index in [4.69, 9.17) is 0 Å². The Morgan fingerprint density at radius 2 is 2.36 bits per heavy atom. The zero-order valence-corrected chi connectivity index (χ0v) is 8.12. The predicted molar refractivity (Wildman–Crippen MR) is 49.2 cm³/mol. The van der Waals surface area contributed by atoms with Crippen LogP contribution in [0.25, 0.3) is 0 Å². The smallest absolute Gasteiger partial charge is 0.0472 e. The molecule has 1 rings (SSSR count). The van der Waals surface area contributed by atoms with Crippen LogP contribution in [0.2, 0.25) is 0 Å². The van der Waals surface area contributed by atoms with Crippen molar-refractivity contribution >= 4 is 10.8 Å². The van der Waals surface area contributed by atoms with Crippen LogP contribution in [0, 0.1) is 0 Å². The Hall–Kier alpha value is 0.110. The fraction of sp³-hybridized carbons (Fsp3) is 1.00. The fourth-order valence-electron chi connectivity index (χ4n) is 1.40. The fourth-order valence-corrected chi connectivity index (χ4v) is 3.02. The second-order valence-electron chi connectivity index (χ2n) is 3.16. The van der Waals surface area contributed by atoms with Crippen LogP contribution in [-0.2, 0) is 10.8 Å². The van der Waals surface area contributed by atoms with Gasteiger partial charge in [0.05, 0.1) is 0 Å². The Bertz CT molecular complexity index is 149. The number of nitrogens with one attached hydrogen (secondary N) is 1. The molecule has 0 aromatic carbocycles. The van der Waals surface area contributed by atoms with Crippen LogP contribution in [0.5, 0.6) is 0 Å². The minimum Gasteiger partial charge on any atom is -0.315 e. The highest BCUT2D eigenvalue weighted by Crippen LogP contribution is 2.12. The summed E-state index contributed by atoms with van der Waals surface area (Å²) in [6.07, 6.45) is 2.09. The van der Waals surface area contributed by atoms with Crippen LogP contribution in [0.1, 0.15) is 26.7 Å². The quantitative estimate of drug-likeness (QED) is 0.641. The Morgan fingerprint density at radius 3 is 3.00 bits per heavy atom. The van der Waals surface area contributed by atoms with Gasteiger partial charge in [0.1, 0.15) is 0 Å². The summed E-state index contributed by atoms with van der Waals surface area (Å²) >= 11 is 0. The standard InChI is InChI=1S/C8H17NOS/c1-3-8-6-9-5-4-7(2)11(8)10/h7-9H,3-6H2,1-2H3. The first-order valence-electron chi connectivity index (χ1n) is 4.35. The molecule has 66 valence electrons. The lowest BCUT2D eigenvalue weighted by Crippen LogP contribution is -2.28. The van der Waals surface area contributed by atoms with Crippen LogP contribution in [0.4, 0.5) is 0 Å². The van der Waals surface area contributed by atoms with Gasteiger partial charge in [0.15, 0.2) is 0 Å². The number of hydrogen-bond acceptors (Lipinski definition) is 2. The van der Waals surface area contributed by atoms with Crippen molar-refractivity contribution in [3.63, 3.8) is 0 Å². The van der Waals surface area contributed by atoms with Gasteiger partial charge in [-0.05, 0) is 19.4 Å². The van der Waals surface area contributed by atoms with Crippen molar-refractivity contribution in [3.8, 4) is 0 Å². The lowest BCUT2D eigenvalue weighted by atomic mass is 10.3. The van der Waals surface area contributed by atoms with E-state index in [1.165, 1.54) is 0 Å². The molecule has 1 N–H and O–H groups in total. The molecule has 0 radical (unpaired) electrons. The zero-order valence-electron chi connectivity index (χ0n) is 7.30. The maximum atomic E-state index is 11.6. The van der Waals surface area contributed by atoms with E-state index in [1.807, 2.05) is 0 Å². The Morgan fingerprint density at radius 1 is 1.64 bits per heavy atom. The highest BCUT2D eigenvalue weighted by molar-refractivity contribution is 7.86. The lowest BCUT2D eigenvalue weighted by molar-refractivity contribution is 0.641. The van der Waals surface area contributed by atoms with Gasteiger partial charge >= 0.3 is 0 Å². The van der Waals surface area contributed by atoms with Crippen molar-refractivity contribution in [2.24, 2.45) is 0 Å². The molecule has 3 atom stereocenters. The first-order valence-corrected chi connectivity index (χ1v) is 5.63. The summed E-state index contributed by atoms with van der Waals surface area (Å²) in [6.45, 7) is 6.17. The van der Waals surface area contributed by atoms with E-state index in [0.29, 0.717) is 10.5 Å². The lowest BCUT2D eigenvalue weighted by Gasteiger charge is -2.13. The molecule has 0 saturated carbocycles. The summed E-state index contributed by atoms with van der Waals surface area (Å²) in [4.78, 5) is 0. The summed E-state index contributed by atoms with van der Waals surface area (Å²) in [6, 6.07) is 0. The molecular formula is C8H17NOS. The number of rotatable bonds is 1. The van der Waals surface area contributed by atoms with Gasteiger partial charge in [0.25, 0.3) is 0 Å². The zero-order chi connectivity index (χ0) is 8.27. The monoisotopic (exact) mass is 175 g/mol. The molecule has 1 saturated heterocycles. The second kappa shape index (κ2) is 4.21. The molecule has 1 fully saturated rings. The van der Waals surface area contributed by atoms with Crippen LogP contribution >= 0.6 is 0 Å². The van der Waals surface area contributed by atoms with Gasteiger partial charge in [0.2, 0.25) is 0 Å². The molecule has 0 aromatic heterocycles. The van der Waals surface area contributed by atoms with Gasteiger partial charge in [-0.25, -0.2) is 0 Å². The highest BCUT2D eigenvalue weighted by Gasteiger charge is 2.22. The van der Waals surface area contributed by atoms with Crippen LogP contribution in [-0.4, -0.2) is 27.8 Å². The van der Waals surface area contributed by atoms with Crippen molar-refractivity contribution < 1.29 is 4.21 Å². The molecule has 0 spiro atoms. The molecule has 1 heterocycles. The highest BCUT2D eigenvalue weighted by atomic mass is 32.2. The molecule has 2 nitrogen and oxygen atoms in total. The van der Waals surface area contributed by atoms with Crippen LogP contribution in [0.15, 0.2) is 0 Å². The molecular weight excluding hydrogens is 158 g/mol.